The molecule has 0 aromatic heterocycles. The Kier molecular flexibility index (Phi) is 6.99. The van der Waals surface area contributed by atoms with Crippen molar-refractivity contribution in [3.05, 3.63) is 11.1 Å². The van der Waals surface area contributed by atoms with Gasteiger partial charge < -0.3 is 24.1 Å². The number of carbonyl (C=O) groups is 3. The summed E-state index contributed by atoms with van der Waals surface area (Å²) in [5.74, 6) is -0.591. The van der Waals surface area contributed by atoms with Crippen LogP contribution in [0.1, 0.15) is 86.0 Å². The quantitative estimate of drug-likeness (QED) is 0.280. The van der Waals surface area contributed by atoms with Crippen molar-refractivity contribution >= 4 is 17.9 Å². The number of aliphatic carboxylic acids is 1. The number of hydrogen-bond acceptors (Lipinski definition) is 7. The summed E-state index contributed by atoms with van der Waals surface area (Å²) in [5.41, 5.74) is 1.58. The first kappa shape index (κ1) is 27.6. The molecule has 1 heterocycles. The molecule has 0 amide bonds. The summed E-state index contributed by atoms with van der Waals surface area (Å²) in [6, 6.07) is 0. The normalized spacial score (nSPS) is 41.3. The molecular weight excluding hydrogens is 488 g/mol. The van der Waals surface area contributed by atoms with E-state index in [4.69, 9.17) is 24.1 Å². The molecule has 0 radical (unpaired) electrons. The van der Waals surface area contributed by atoms with E-state index in [0.717, 1.165) is 56.9 Å². The average Bonchev–Trinajstić information content (AvgIpc) is 3.21. The highest BCUT2D eigenvalue weighted by Gasteiger charge is 2.70. The molecule has 1 N–H and O–H groups in total. The van der Waals surface area contributed by atoms with Crippen molar-refractivity contribution in [1.29, 1.82) is 0 Å². The van der Waals surface area contributed by atoms with Gasteiger partial charge in [-0.25, -0.2) is 9.59 Å². The van der Waals surface area contributed by atoms with Crippen LogP contribution in [0, 0.1) is 39.4 Å². The summed E-state index contributed by atoms with van der Waals surface area (Å²) in [7, 11) is 0. The van der Waals surface area contributed by atoms with E-state index in [-0.39, 0.29) is 52.4 Å². The fourth-order valence-corrected chi connectivity index (χ4v) is 10.3. The third-order valence-electron chi connectivity index (χ3n) is 11.4. The number of carbonyl (C=O) groups excluding carboxylic acids is 2. The Morgan fingerprint density at radius 2 is 1.84 bits per heavy atom. The molecule has 38 heavy (non-hydrogen) atoms. The average molecular weight is 533 g/mol. The molecule has 0 bridgehead atoms. The Morgan fingerprint density at radius 1 is 1.08 bits per heavy atom. The SMILES string of the molecule is CC(=O)OC[C@]12CCCC(C)(C)[C@@H]1[C@@H](OCOCC(=O)O)C[C@]1(C)[C@@H]2CC[C@]2(C)C3=C(CC[C@@H]12)C(=O)OC3. The van der Waals surface area contributed by atoms with Gasteiger partial charge in [0.15, 0.2) is 0 Å². The number of cyclic esters (lactones) is 1. The third-order valence-corrected chi connectivity index (χ3v) is 11.4. The van der Waals surface area contributed by atoms with Gasteiger partial charge in [0.25, 0.3) is 0 Å². The van der Waals surface area contributed by atoms with Crippen molar-refractivity contribution in [1.82, 2.24) is 0 Å². The van der Waals surface area contributed by atoms with Gasteiger partial charge in [-0.2, -0.15) is 0 Å². The van der Waals surface area contributed by atoms with E-state index in [9.17, 15) is 14.4 Å². The smallest absolute Gasteiger partial charge is 0.334 e. The number of carboxylic acids is 1. The van der Waals surface area contributed by atoms with Crippen LogP contribution < -0.4 is 0 Å². The first-order valence-corrected chi connectivity index (χ1v) is 14.3. The van der Waals surface area contributed by atoms with Crippen LogP contribution in [0.25, 0.3) is 0 Å². The van der Waals surface area contributed by atoms with Crippen molar-refractivity contribution in [3.63, 3.8) is 0 Å². The molecule has 0 spiro atoms. The summed E-state index contributed by atoms with van der Waals surface area (Å²) < 4.78 is 23.3. The summed E-state index contributed by atoms with van der Waals surface area (Å²) in [6.07, 6.45) is 7.46. The number of hydrogen-bond donors (Lipinski definition) is 1. The minimum Gasteiger partial charge on any atom is -0.480 e. The number of rotatable bonds is 7. The Balaban J connectivity index is 1.57. The van der Waals surface area contributed by atoms with Gasteiger partial charge in [0.2, 0.25) is 0 Å². The third kappa shape index (κ3) is 4.21. The second-order valence-electron chi connectivity index (χ2n) is 13.7. The van der Waals surface area contributed by atoms with Gasteiger partial charge in [0.05, 0.1) is 12.7 Å². The summed E-state index contributed by atoms with van der Waals surface area (Å²) in [5, 5.41) is 9.06. The molecule has 7 atom stereocenters. The molecule has 212 valence electrons. The molecule has 4 aliphatic carbocycles. The van der Waals surface area contributed by atoms with Crippen LogP contribution in [0.15, 0.2) is 11.1 Å². The number of fused-ring (bicyclic) bond motifs is 6. The van der Waals surface area contributed by atoms with E-state index in [0.29, 0.717) is 25.0 Å². The molecule has 3 saturated carbocycles. The van der Waals surface area contributed by atoms with Gasteiger partial charge in [-0.05, 0) is 84.5 Å². The molecule has 0 saturated heterocycles. The predicted molar refractivity (Wildman–Crippen MR) is 138 cm³/mol. The summed E-state index contributed by atoms with van der Waals surface area (Å²) in [6.45, 7) is 11.1. The fraction of sp³-hybridized carbons (Fsp3) is 0.833. The summed E-state index contributed by atoms with van der Waals surface area (Å²) >= 11 is 0. The fourth-order valence-electron chi connectivity index (χ4n) is 10.3. The molecule has 8 heteroatoms. The largest absolute Gasteiger partial charge is 0.480 e. The molecule has 8 nitrogen and oxygen atoms in total. The van der Waals surface area contributed by atoms with Gasteiger partial charge in [0, 0.05) is 17.9 Å². The zero-order valence-corrected chi connectivity index (χ0v) is 23.6. The molecule has 5 aliphatic rings. The zero-order chi connectivity index (χ0) is 27.5. The van der Waals surface area contributed by atoms with Crippen LogP contribution in [0.3, 0.4) is 0 Å². The highest BCUT2D eigenvalue weighted by molar-refractivity contribution is 5.92. The van der Waals surface area contributed by atoms with Gasteiger partial charge >= 0.3 is 17.9 Å². The van der Waals surface area contributed by atoms with Crippen LogP contribution in [-0.2, 0) is 33.3 Å². The van der Waals surface area contributed by atoms with Gasteiger partial charge in [0.1, 0.15) is 20.0 Å². The van der Waals surface area contributed by atoms with Crippen molar-refractivity contribution in [3.8, 4) is 0 Å². The lowest BCUT2D eigenvalue weighted by Gasteiger charge is -2.70. The number of ether oxygens (including phenoxy) is 4. The first-order valence-electron chi connectivity index (χ1n) is 14.3. The van der Waals surface area contributed by atoms with E-state index in [1.54, 1.807) is 0 Å². The lowest BCUT2D eigenvalue weighted by Crippen LogP contribution is -2.68. The number of carboxylic acid groups (broad SMARTS) is 1. The monoisotopic (exact) mass is 532 g/mol. The molecule has 5 rings (SSSR count). The van der Waals surface area contributed by atoms with E-state index >= 15 is 0 Å². The second-order valence-corrected chi connectivity index (χ2v) is 13.7. The van der Waals surface area contributed by atoms with E-state index in [1.165, 1.54) is 12.5 Å². The molecular formula is C30H44O8. The van der Waals surface area contributed by atoms with Crippen LogP contribution >= 0.6 is 0 Å². The molecule has 1 aliphatic heterocycles. The Morgan fingerprint density at radius 3 is 2.55 bits per heavy atom. The first-order chi connectivity index (χ1) is 17.8. The maximum Gasteiger partial charge on any atom is 0.334 e. The lowest BCUT2D eigenvalue weighted by atomic mass is 9.35. The highest BCUT2D eigenvalue weighted by atomic mass is 16.7. The van der Waals surface area contributed by atoms with Crippen LogP contribution in [0.2, 0.25) is 0 Å². The summed E-state index contributed by atoms with van der Waals surface area (Å²) in [4.78, 5) is 35.7. The van der Waals surface area contributed by atoms with Gasteiger partial charge in [-0.3, -0.25) is 4.79 Å². The molecule has 3 fully saturated rings. The lowest BCUT2D eigenvalue weighted by molar-refractivity contribution is -0.268. The Hall–Kier alpha value is -1.93. The minimum atomic E-state index is -1.02. The van der Waals surface area contributed by atoms with Crippen molar-refractivity contribution in [2.45, 2.75) is 92.1 Å². The minimum absolute atomic E-state index is 0.0358. The Bertz CT molecular complexity index is 1030. The number of esters is 2. The van der Waals surface area contributed by atoms with Crippen LogP contribution in [0.4, 0.5) is 0 Å². The maximum absolute atomic E-state index is 12.5. The zero-order valence-electron chi connectivity index (χ0n) is 23.6. The second kappa shape index (κ2) is 9.61. The van der Waals surface area contributed by atoms with Gasteiger partial charge in [-0.1, -0.05) is 34.1 Å². The molecule has 0 aromatic rings. The molecule has 0 aromatic carbocycles. The van der Waals surface area contributed by atoms with Crippen LogP contribution in [0.5, 0.6) is 0 Å². The van der Waals surface area contributed by atoms with Gasteiger partial charge in [-0.15, -0.1) is 0 Å². The van der Waals surface area contributed by atoms with Crippen molar-refractivity contribution < 1.29 is 38.4 Å². The van der Waals surface area contributed by atoms with E-state index in [2.05, 4.69) is 27.7 Å². The Labute approximate surface area is 225 Å². The van der Waals surface area contributed by atoms with Crippen molar-refractivity contribution in [2.24, 2.45) is 39.4 Å². The highest BCUT2D eigenvalue weighted by Crippen LogP contribution is 2.73. The maximum atomic E-state index is 12.5. The standard InChI is InChI=1S/C30H44O8/c1-18(31)37-16-30-11-6-10-27(2,3)25(30)21(38-17-35-15-24(32)33)13-29(5)22-8-7-19-20(14-36-26(19)34)28(22,4)12-9-23(29)30/h21-23,25H,6-17H2,1-5H3,(H,32,33)/t21-,22+,23-,25-,28+,29-,30-/m0/s1. The molecule has 0 unspecified atom stereocenters. The topological polar surface area (TPSA) is 108 Å². The van der Waals surface area contributed by atoms with Crippen LogP contribution in [-0.4, -0.2) is 55.7 Å². The van der Waals surface area contributed by atoms with Crippen molar-refractivity contribution in [2.75, 3.05) is 26.6 Å². The predicted octanol–water partition coefficient (Wildman–Crippen LogP) is 4.90. The van der Waals surface area contributed by atoms with E-state index < -0.39 is 12.6 Å². The van der Waals surface area contributed by atoms with E-state index in [1.807, 2.05) is 0 Å².